The molecule has 1 aromatic heterocycles. The summed E-state index contributed by atoms with van der Waals surface area (Å²) in [5.74, 6) is -0.139. The Kier molecular flexibility index (Phi) is 4.41. The summed E-state index contributed by atoms with van der Waals surface area (Å²) in [6.45, 7) is 0. The van der Waals surface area contributed by atoms with Gasteiger partial charge in [0.15, 0.2) is 0 Å². The minimum atomic E-state index is -0.670. The lowest BCUT2D eigenvalue weighted by Crippen LogP contribution is -2.46. The maximum absolute atomic E-state index is 12.2. The number of thiophene rings is 1. The lowest BCUT2D eigenvalue weighted by Gasteiger charge is -2.26. The van der Waals surface area contributed by atoms with Gasteiger partial charge in [-0.15, -0.1) is 11.3 Å². The molecule has 1 aliphatic rings. The first kappa shape index (κ1) is 13.6. The van der Waals surface area contributed by atoms with E-state index in [4.69, 9.17) is 0 Å². The van der Waals surface area contributed by atoms with Crippen molar-refractivity contribution in [2.75, 3.05) is 0 Å². The van der Waals surface area contributed by atoms with E-state index in [0.29, 0.717) is 4.88 Å². The van der Waals surface area contributed by atoms with E-state index < -0.39 is 5.54 Å². The molecule has 1 fully saturated rings. The highest BCUT2D eigenvalue weighted by Crippen LogP contribution is 2.28. The molecule has 0 bridgehead atoms. The Balaban J connectivity index is 2.13. The minimum absolute atomic E-state index is 0.139. The first-order valence-corrected chi connectivity index (χ1v) is 7.81. The van der Waals surface area contributed by atoms with Gasteiger partial charge in [-0.05, 0) is 40.2 Å². The van der Waals surface area contributed by atoms with E-state index in [9.17, 15) is 10.1 Å². The van der Waals surface area contributed by atoms with Crippen LogP contribution in [-0.4, -0.2) is 11.4 Å². The lowest BCUT2D eigenvalue weighted by molar-refractivity contribution is 0.0916. The van der Waals surface area contributed by atoms with Crippen LogP contribution < -0.4 is 5.32 Å². The minimum Gasteiger partial charge on any atom is -0.333 e. The average Bonchev–Trinajstić information content (AvgIpc) is 2.66. The maximum atomic E-state index is 12.2. The SMILES string of the molecule is N#CC1(NC(=O)c2sccc2Br)CCCCCC1. The molecule has 1 aliphatic carbocycles. The van der Waals surface area contributed by atoms with Crippen LogP contribution in [-0.2, 0) is 0 Å². The molecule has 0 aliphatic heterocycles. The molecule has 2 rings (SSSR count). The first-order valence-electron chi connectivity index (χ1n) is 6.14. The van der Waals surface area contributed by atoms with Gasteiger partial charge in [0.05, 0.1) is 6.07 Å². The fourth-order valence-corrected chi connectivity index (χ4v) is 3.77. The first-order chi connectivity index (χ1) is 8.67. The van der Waals surface area contributed by atoms with Crippen molar-refractivity contribution in [3.05, 3.63) is 20.8 Å². The van der Waals surface area contributed by atoms with Crippen LogP contribution in [0.4, 0.5) is 0 Å². The zero-order chi connectivity index (χ0) is 13.0. The van der Waals surface area contributed by atoms with Crippen molar-refractivity contribution in [2.24, 2.45) is 0 Å². The van der Waals surface area contributed by atoms with E-state index in [1.165, 1.54) is 11.3 Å². The topological polar surface area (TPSA) is 52.9 Å². The van der Waals surface area contributed by atoms with Crippen molar-refractivity contribution >= 4 is 33.2 Å². The van der Waals surface area contributed by atoms with Gasteiger partial charge in [-0.1, -0.05) is 25.7 Å². The molecule has 0 spiro atoms. The van der Waals surface area contributed by atoms with Crippen LogP contribution in [0.3, 0.4) is 0 Å². The molecule has 0 saturated heterocycles. The number of nitrogens with zero attached hydrogens (tertiary/aromatic N) is 1. The number of carbonyl (C=O) groups is 1. The molecule has 1 aromatic rings. The highest BCUT2D eigenvalue weighted by atomic mass is 79.9. The fraction of sp³-hybridized carbons (Fsp3) is 0.538. The summed E-state index contributed by atoms with van der Waals surface area (Å²) in [7, 11) is 0. The second-order valence-electron chi connectivity index (χ2n) is 4.66. The van der Waals surface area contributed by atoms with Crippen LogP contribution in [0.1, 0.15) is 48.2 Å². The van der Waals surface area contributed by atoms with E-state index in [1.807, 2.05) is 11.4 Å². The number of amides is 1. The summed E-state index contributed by atoms with van der Waals surface area (Å²) in [5.41, 5.74) is -0.670. The van der Waals surface area contributed by atoms with Gasteiger partial charge in [-0.3, -0.25) is 4.79 Å². The monoisotopic (exact) mass is 326 g/mol. The van der Waals surface area contributed by atoms with Gasteiger partial charge in [0.2, 0.25) is 0 Å². The second kappa shape index (κ2) is 5.85. The Labute approximate surface area is 119 Å². The van der Waals surface area contributed by atoms with Crippen molar-refractivity contribution in [3.8, 4) is 6.07 Å². The Morgan fingerprint density at radius 1 is 1.39 bits per heavy atom. The largest absolute Gasteiger partial charge is 0.333 e. The molecule has 0 atom stereocenters. The normalized spacial score (nSPS) is 18.7. The van der Waals surface area contributed by atoms with Gasteiger partial charge < -0.3 is 5.32 Å². The molecule has 1 amide bonds. The third-order valence-corrected chi connectivity index (χ3v) is 5.18. The highest BCUT2D eigenvalue weighted by Gasteiger charge is 2.33. The van der Waals surface area contributed by atoms with Gasteiger partial charge >= 0.3 is 0 Å². The third kappa shape index (κ3) is 2.93. The van der Waals surface area contributed by atoms with Crippen LogP contribution in [0.2, 0.25) is 0 Å². The molecule has 0 aromatic carbocycles. The van der Waals surface area contributed by atoms with Crippen LogP contribution in [0, 0.1) is 11.3 Å². The number of nitrogens with one attached hydrogen (secondary N) is 1. The third-order valence-electron chi connectivity index (χ3n) is 3.35. The van der Waals surface area contributed by atoms with Crippen molar-refractivity contribution in [3.63, 3.8) is 0 Å². The molecule has 0 radical (unpaired) electrons. The summed E-state index contributed by atoms with van der Waals surface area (Å²) in [6, 6.07) is 4.18. The number of hydrogen-bond donors (Lipinski definition) is 1. The van der Waals surface area contributed by atoms with Crippen molar-refractivity contribution < 1.29 is 4.79 Å². The summed E-state index contributed by atoms with van der Waals surface area (Å²) < 4.78 is 0.798. The molecule has 1 heterocycles. The standard InChI is InChI=1S/C13H15BrN2OS/c14-10-5-8-18-11(10)12(17)16-13(9-15)6-3-1-2-4-7-13/h5,8H,1-4,6-7H2,(H,16,17). The fourth-order valence-electron chi connectivity index (χ4n) is 2.33. The summed E-state index contributed by atoms with van der Waals surface area (Å²) >= 11 is 4.75. The zero-order valence-electron chi connectivity index (χ0n) is 10.0. The second-order valence-corrected chi connectivity index (χ2v) is 6.43. The molecule has 96 valence electrons. The van der Waals surface area contributed by atoms with E-state index in [0.717, 1.165) is 43.0 Å². The van der Waals surface area contributed by atoms with Gasteiger partial charge in [-0.2, -0.15) is 5.26 Å². The predicted molar refractivity (Wildman–Crippen MR) is 75.5 cm³/mol. The number of hydrogen-bond acceptors (Lipinski definition) is 3. The van der Waals surface area contributed by atoms with Crippen molar-refractivity contribution in [1.82, 2.24) is 5.32 Å². The van der Waals surface area contributed by atoms with E-state index >= 15 is 0 Å². The van der Waals surface area contributed by atoms with Crippen LogP contribution in [0.15, 0.2) is 15.9 Å². The molecule has 1 saturated carbocycles. The Hall–Kier alpha value is -0.860. The molecular weight excluding hydrogens is 312 g/mol. The van der Waals surface area contributed by atoms with Crippen LogP contribution >= 0.6 is 27.3 Å². The molecule has 1 N–H and O–H groups in total. The molecule has 3 nitrogen and oxygen atoms in total. The number of nitriles is 1. The molecule has 18 heavy (non-hydrogen) atoms. The zero-order valence-corrected chi connectivity index (χ0v) is 12.4. The quantitative estimate of drug-likeness (QED) is 0.839. The highest BCUT2D eigenvalue weighted by molar-refractivity contribution is 9.10. The van der Waals surface area contributed by atoms with Crippen molar-refractivity contribution in [1.29, 1.82) is 5.26 Å². The van der Waals surface area contributed by atoms with E-state index in [-0.39, 0.29) is 5.91 Å². The van der Waals surface area contributed by atoms with Gasteiger partial charge in [0, 0.05) is 4.47 Å². The number of rotatable bonds is 2. The van der Waals surface area contributed by atoms with Crippen molar-refractivity contribution in [2.45, 2.75) is 44.1 Å². The Bertz CT molecular complexity index is 470. The van der Waals surface area contributed by atoms with Crippen LogP contribution in [0.25, 0.3) is 0 Å². The average molecular weight is 327 g/mol. The Morgan fingerprint density at radius 2 is 2.06 bits per heavy atom. The van der Waals surface area contributed by atoms with Gasteiger partial charge in [-0.25, -0.2) is 0 Å². The number of halogens is 1. The van der Waals surface area contributed by atoms with Crippen LogP contribution in [0.5, 0.6) is 0 Å². The number of carbonyl (C=O) groups excluding carboxylic acids is 1. The molecule has 5 heteroatoms. The van der Waals surface area contributed by atoms with E-state index in [1.54, 1.807) is 0 Å². The summed E-state index contributed by atoms with van der Waals surface area (Å²) in [6.07, 6.45) is 5.86. The maximum Gasteiger partial charge on any atom is 0.263 e. The van der Waals surface area contributed by atoms with Gasteiger partial charge in [0.25, 0.3) is 5.91 Å². The summed E-state index contributed by atoms with van der Waals surface area (Å²) in [4.78, 5) is 12.8. The molecule has 0 unspecified atom stereocenters. The smallest absolute Gasteiger partial charge is 0.263 e. The predicted octanol–water partition coefficient (Wildman–Crippen LogP) is 3.86. The Morgan fingerprint density at radius 3 is 2.56 bits per heavy atom. The summed E-state index contributed by atoms with van der Waals surface area (Å²) in [5, 5.41) is 14.2. The molecular formula is C13H15BrN2OS. The lowest BCUT2D eigenvalue weighted by atomic mass is 9.92. The van der Waals surface area contributed by atoms with E-state index in [2.05, 4.69) is 27.3 Å². The van der Waals surface area contributed by atoms with Gasteiger partial charge in [0.1, 0.15) is 10.4 Å².